The van der Waals surface area contributed by atoms with E-state index in [0.717, 1.165) is 64.2 Å². The first kappa shape index (κ1) is 56.5. The minimum atomic E-state index is -4.63. The third kappa shape index (κ3) is 44.1. The first-order chi connectivity index (χ1) is 28.0. The molecule has 0 fully saturated rings. The molecule has 2 atom stereocenters. The van der Waals surface area contributed by atoms with Gasteiger partial charge in [0.05, 0.1) is 27.7 Å². The molecule has 9 nitrogen and oxygen atoms in total. The van der Waals surface area contributed by atoms with Crippen molar-refractivity contribution in [2.45, 2.75) is 225 Å². The van der Waals surface area contributed by atoms with Gasteiger partial charge in [0.25, 0.3) is 7.82 Å². The van der Waals surface area contributed by atoms with Gasteiger partial charge in [-0.2, -0.15) is 0 Å². The van der Waals surface area contributed by atoms with E-state index in [1.807, 2.05) is 21.1 Å². The molecule has 0 rings (SSSR count). The average molecular weight is 842 g/mol. The molecule has 0 saturated heterocycles. The minimum absolute atomic E-state index is 0.0316. The summed E-state index contributed by atoms with van der Waals surface area (Å²) in [5, 5.41) is 0. The predicted molar refractivity (Wildman–Crippen MR) is 241 cm³/mol. The van der Waals surface area contributed by atoms with Crippen LogP contribution in [0.5, 0.6) is 0 Å². The average Bonchev–Trinajstić information content (AvgIpc) is 3.17. The van der Waals surface area contributed by atoms with Crippen molar-refractivity contribution in [2.75, 3.05) is 47.5 Å². The number of quaternary nitrogens is 1. The number of hydrogen-bond donors (Lipinski definition) is 0. The van der Waals surface area contributed by atoms with Gasteiger partial charge in [-0.3, -0.25) is 14.2 Å². The number of rotatable bonds is 44. The van der Waals surface area contributed by atoms with Gasteiger partial charge in [-0.15, -0.1) is 0 Å². The van der Waals surface area contributed by atoms with E-state index in [4.69, 9.17) is 18.5 Å². The zero-order valence-electron chi connectivity index (χ0n) is 38.5. The van der Waals surface area contributed by atoms with E-state index >= 15 is 0 Å². The Kier molecular flexibility index (Phi) is 39.8. The number of hydrogen-bond acceptors (Lipinski definition) is 8. The SMILES string of the molecule is CCCCCCCCC/C=C\CCCCCCCCCC(=O)OC(COC(=O)CCCCCCC/C=C\CCCCCCCCC)COP(=O)([O-])OCC[N+](C)(C)C. The molecule has 0 spiro atoms. The van der Waals surface area contributed by atoms with Crippen LogP contribution < -0.4 is 4.89 Å². The van der Waals surface area contributed by atoms with Crippen LogP contribution in [0.2, 0.25) is 0 Å². The summed E-state index contributed by atoms with van der Waals surface area (Å²) in [7, 11) is 1.16. The summed E-state index contributed by atoms with van der Waals surface area (Å²) in [6, 6.07) is 0. The monoisotopic (exact) mass is 842 g/mol. The Hall–Kier alpha value is -1.51. The van der Waals surface area contributed by atoms with Crippen LogP contribution in [0.3, 0.4) is 0 Å². The smallest absolute Gasteiger partial charge is 0.306 e. The zero-order valence-corrected chi connectivity index (χ0v) is 39.4. The van der Waals surface area contributed by atoms with Crippen molar-refractivity contribution in [1.82, 2.24) is 0 Å². The Balaban J connectivity index is 4.31. The van der Waals surface area contributed by atoms with Gasteiger partial charge >= 0.3 is 11.9 Å². The van der Waals surface area contributed by atoms with E-state index in [9.17, 15) is 19.0 Å². The van der Waals surface area contributed by atoms with Crippen LogP contribution in [0.4, 0.5) is 0 Å². The summed E-state index contributed by atoms with van der Waals surface area (Å²) in [6.45, 7) is 4.23. The molecule has 0 aliphatic heterocycles. The largest absolute Gasteiger partial charge is 0.756 e. The van der Waals surface area contributed by atoms with E-state index in [0.29, 0.717) is 17.4 Å². The number of nitrogens with zero attached hydrogens (tertiary/aromatic N) is 1. The van der Waals surface area contributed by atoms with Crippen molar-refractivity contribution in [3.8, 4) is 0 Å². The summed E-state index contributed by atoms with van der Waals surface area (Å²) < 4.78 is 34.0. The second-order valence-corrected chi connectivity index (χ2v) is 18.9. The van der Waals surface area contributed by atoms with Crippen LogP contribution in [0.15, 0.2) is 24.3 Å². The Labute approximate surface area is 358 Å². The second kappa shape index (κ2) is 40.9. The fourth-order valence-electron chi connectivity index (χ4n) is 6.64. The number of phosphoric ester groups is 1. The number of carbonyl (C=O) groups is 2. The molecule has 342 valence electrons. The van der Waals surface area contributed by atoms with Crippen molar-refractivity contribution < 1.29 is 42.1 Å². The number of esters is 2. The van der Waals surface area contributed by atoms with Gasteiger partial charge in [-0.25, -0.2) is 0 Å². The lowest BCUT2D eigenvalue weighted by Gasteiger charge is -2.28. The third-order valence-electron chi connectivity index (χ3n) is 10.4. The molecule has 0 N–H and O–H groups in total. The highest BCUT2D eigenvalue weighted by Crippen LogP contribution is 2.38. The maximum atomic E-state index is 12.7. The van der Waals surface area contributed by atoms with Gasteiger partial charge in [-0.05, 0) is 64.2 Å². The van der Waals surface area contributed by atoms with E-state index < -0.39 is 32.5 Å². The van der Waals surface area contributed by atoms with Crippen LogP contribution in [-0.2, 0) is 32.7 Å². The molecule has 0 aromatic heterocycles. The molecule has 0 amide bonds. The van der Waals surface area contributed by atoms with E-state index in [2.05, 4.69) is 38.2 Å². The summed E-state index contributed by atoms with van der Waals surface area (Å²) in [6.07, 6.45) is 44.8. The normalized spacial score (nSPS) is 13.7. The highest BCUT2D eigenvalue weighted by molar-refractivity contribution is 7.45. The fraction of sp³-hybridized carbons (Fsp3) is 0.875. The third-order valence-corrected chi connectivity index (χ3v) is 11.4. The van der Waals surface area contributed by atoms with Crippen molar-refractivity contribution in [3.05, 3.63) is 24.3 Å². The van der Waals surface area contributed by atoms with Crippen LogP contribution >= 0.6 is 7.82 Å². The van der Waals surface area contributed by atoms with E-state index in [1.165, 1.54) is 122 Å². The van der Waals surface area contributed by atoms with E-state index in [-0.39, 0.29) is 26.1 Å². The Morgan fingerprint density at radius 2 is 0.879 bits per heavy atom. The standard InChI is InChI=1S/C48H92NO8P/c1-6-8-10-12-14-16-18-20-22-24-25-27-29-31-33-35-37-39-41-48(51)57-46(45-56-58(52,53)55-43-42-49(3,4)5)44-54-47(50)40-38-36-34-32-30-28-26-23-21-19-17-15-13-11-9-7-2/h22-24,26,46H,6-21,25,27-45H2,1-5H3/b24-22-,26-23-. The van der Waals surface area contributed by atoms with Gasteiger partial charge < -0.3 is 27.9 Å². The highest BCUT2D eigenvalue weighted by atomic mass is 31.2. The number of carbonyl (C=O) groups excluding carboxylic acids is 2. The fourth-order valence-corrected chi connectivity index (χ4v) is 7.37. The predicted octanol–water partition coefficient (Wildman–Crippen LogP) is 13.3. The summed E-state index contributed by atoms with van der Waals surface area (Å²) in [5.41, 5.74) is 0. The Morgan fingerprint density at radius 1 is 0.517 bits per heavy atom. The molecule has 0 heterocycles. The summed E-state index contributed by atoms with van der Waals surface area (Å²) in [4.78, 5) is 37.6. The molecule has 58 heavy (non-hydrogen) atoms. The molecule has 0 aliphatic rings. The van der Waals surface area contributed by atoms with Crippen LogP contribution in [0, 0.1) is 0 Å². The second-order valence-electron chi connectivity index (χ2n) is 17.5. The van der Waals surface area contributed by atoms with Crippen molar-refractivity contribution in [1.29, 1.82) is 0 Å². The number of ether oxygens (including phenoxy) is 2. The molecule has 10 heteroatoms. The van der Waals surface area contributed by atoms with Crippen LogP contribution in [0.25, 0.3) is 0 Å². The Bertz CT molecular complexity index is 1040. The molecule has 0 bridgehead atoms. The minimum Gasteiger partial charge on any atom is -0.756 e. The quantitative estimate of drug-likeness (QED) is 0.0196. The number of allylic oxidation sites excluding steroid dienone is 4. The molecule has 0 radical (unpaired) electrons. The molecule has 2 unspecified atom stereocenters. The van der Waals surface area contributed by atoms with Gasteiger partial charge in [0, 0.05) is 12.8 Å². The van der Waals surface area contributed by atoms with Gasteiger partial charge in [0.1, 0.15) is 19.8 Å². The lowest BCUT2D eigenvalue weighted by atomic mass is 10.1. The van der Waals surface area contributed by atoms with Crippen molar-refractivity contribution in [3.63, 3.8) is 0 Å². The van der Waals surface area contributed by atoms with Crippen LogP contribution in [-0.4, -0.2) is 70.0 Å². The molecule has 0 aliphatic carbocycles. The van der Waals surface area contributed by atoms with Crippen molar-refractivity contribution >= 4 is 19.8 Å². The lowest BCUT2D eigenvalue weighted by Crippen LogP contribution is -2.37. The molecule has 0 aromatic rings. The maximum absolute atomic E-state index is 12.7. The molecule has 0 aromatic carbocycles. The van der Waals surface area contributed by atoms with Crippen molar-refractivity contribution in [2.24, 2.45) is 0 Å². The van der Waals surface area contributed by atoms with Crippen LogP contribution in [0.1, 0.15) is 219 Å². The zero-order chi connectivity index (χ0) is 42.8. The maximum Gasteiger partial charge on any atom is 0.306 e. The number of phosphoric acid groups is 1. The number of unbranched alkanes of at least 4 members (excludes halogenated alkanes) is 26. The topological polar surface area (TPSA) is 111 Å². The number of likely N-dealkylation sites (N-methyl/N-ethyl adjacent to an activating group) is 1. The summed E-state index contributed by atoms with van der Waals surface area (Å²) in [5.74, 6) is -0.842. The Morgan fingerprint density at radius 3 is 1.28 bits per heavy atom. The first-order valence-electron chi connectivity index (χ1n) is 24.0. The lowest BCUT2D eigenvalue weighted by molar-refractivity contribution is -0.870. The molecular weight excluding hydrogens is 750 g/mol. The molecular formula is C48H92NO8P. The van der Waals surface area contributed by atoms with E-state index in [1.54, 1.807) is 0 Å². The van der Waals surface area contributed by atoms with Gasteiger partial charge in [0.2, 0.25) is 0 Å². The van der Waals surface area contributed by atoms with Gasteiger partial charge in [0.15, 0.2) is 6.10 Å². The molecule has 0 saturated carbocycles. The highest BCUT2D eigenvalue weighted by Gasteiger charge is 2.21. The first-order valence-corrected chi connectivity index (χ1v) is 25.5. The summed E-state index contributed by atoms with van der Waals surface area (Å²) >= 11 is 0. The van der Waals surface area contributed by atoms with Gasteiger partial charge in [-0.1, -0.05) is 167 Å².